The van der Waals surface area contributed by atoms with Crippen molar-refractivity contribution in [3.63, 3.8) is 0 Å². The molecule has 0 radical (unpaired) electrons. The second kappa shape index (κ2) is 9.13. The molecule has 22 heavy (non-hydrogen) atoms. The molecule has 0 aromatic heterocycles. The predicted octanol–water partition coefficient (Wildman–Crippen LogP) is 2.86. The van der Waals surface area contributed by atoms with Crippen molar-refractivity contribution in [3.8, 4) is 0 Å². The van der Waals surface area contributed by atoms with Crippen molar-refractivity contribution in [2.24, 2.45) is 11.8 Å². The van der Waals surface area contributed by atoms with Gasteiger partial charge in [-0.3, -0.25) is 9.59 Å². The van der Waals surface area contributed by atoms with Gasteiger partial charge < -0.3 is 14.2 Å². The maximum Gasteiger partial charge on any atom is 0.309 e. The molecule has 5 heteroatoms. The van der Waals surface area contributed by atoms with Gasteiger partial charge in [0.05, 0.1) is 24.5 Å². The average Bonchev–Trinajstić information content (AvgIpc) is 3.06. The fourth-order valence-corrected chi connectivity index (χ4v) is 3.18. The fourth-order valence-electron chi connectivity index (χ4n) is 3.18. The Morgan fingerprint density at radius 2 is 1.68 bits per heavy atom. The Labute approximate surface area is 132 Å². The van der Waals surface area contributed by atoms with Gasteiger partial charge in [0.1, 0.15) is 6.61 Å². The van der Waals surface area contributed by atoms with Crippen LogP contribution in [0.5, 0.6) is 0 Å². The third-order valence-corrected chi connectivity index (χ3v) is 4.55. The van der Waals surface area contributed by atoms with E-state index in [1.165, 1.54) is 0 Å². The zero-order valence-corrected chi connectivity index (χ0v) is 13.6. The number of esters is 2. The maximum absolute atomic E-state index is 12.3. The Bertz CT molecular complexity index is 362. The van der Waals surface area contributed by atoms with Crippen LogP contribution in [0, 0.1) is 11.8 Å². The van der Waals surface area contributed by atoms with Crippen molar-refractivity contribution >= 4 is 11.9 Å². The Morgan fingerprint density at radius 1 is 1.00 bits per heavy atom. The highest BCUT2D eigenvalue weighted by Gasteiger charge is 2.38. The Balaban J connectivity index is 1.82. The molecular formula is C17H28O5. The molecule has 2 rings (SSSR count). The van der Waals surface area contributed by atoms with Crippen LogP contribution in [-0.4, -0.2) is 37.9 Å². The van der Waals surface area contributed by atoms with Gasteiger partial charge in [0.2, 0.25) is 0 Å². The van der Waals surface area contributed by atoms with Crippen molar-refractivity contribution < 1.29 is 23.8 Å². The first-order chi connectivity index (χ1) is 10.7. The van der Waals surface area contributed by atoms with Crippen LogP contribution in [0.25, 0.3) is 0 Å². The largest absolute Gasteiger partial charge is 0.465 e. The fraction of sp³-hybridized carbons (Fsp3) is 0.882. The molecule has 0 spiro atoms. The van der Waals surface area contributed by atoms with Gasteiger partial charge in [-0.15, -0.1) is 0 Å². The summed E-state index contributed by atoms with van der Waals surface area (Å²) in [5.41, 5.74) is 0. The summed E-state index contributed by atoms with van der Waals surface area (Å²) in [7, 11) is 0. The van der Waals surface area contributed by atoms with Crippen molar-refractivity contribution in [3.05, 3.63) is 0 Å². The van der Waals surface area contributed by atoms with Gasteiger partial charge in [0.25, 0.3) is 0 Å². The van der Waals surface area contributed by atoms with Crippen molar-refractivity contribution in [1.82, 2.24) is 0 Å². The van der Waals surface area contributed by atoms with E-state index in [-0.39, 0.29) is 29.9 Å². The van der Waals surface area contributed by atoms with Crippen LogP contribution >= 0.6 is 0 Å². The quantitative estimate of drug-likeness (QED) is 0.534. The smallest absolute Gasteiger partial charge is 0.309 e. The standard InChI is InChI=1S/C17H28O5/c1-2-3-10-21-16(18)14-8-4-5-9-15(14)17(19)22-12-13-7-6-11-20-13/h13-15H,2-12H2,1H3. The average molecular weight is 312 g/mol. The summed E-state index contributed by atoms with van der Waals surface area (Å²) in [4.78, 5) is 24.5. The third-order valence-electron chi connectivity index (χ3n) is 4.55. The summed E-state index contributed by atoms with van der Waals surface area (Å²) in [6.07, 6.45) is 7.25. The first-order valence-electron chi connectivity index (χ1n) is 8.67. The SMILES string of the molecule is CCCCOC(=O)C1CCCCC1C(=O)OCC1CCCO1. The Morgan fingerprint density at radius 3 is 2.27 bits per heavy atom. The lowest BCUT2D eigenvalue weighted by Crippen LogP contribution is -2.36. The summed E-state index contributed by atoms with van der Waals surface area (Å²) in [6, 6.07) is 0. The van der Waals surface area contributed by atoms with Gasteiger partial charge in [-0.2, -0.15) is 0 Å². The second-order valence-corrected chi connectivity index (χ2v) is 6.28. The van der Waals surface area contributed by atoms with Crippen LogP contribution in [0.4, 0.5) is 0 Å². The first kappa shape index (κ1) is 17.3. The van der Waals surface area contributed by atoms with E-state index in [9.17, 15) is 9.59 Å². The molecule has 0 amide bonds. The van der Waals surface area contributed by atoms with Crippen LogP contribution in [0.1, 0.15) is 58.3 Å². The Hall–Kier alpha value is -1.10. The molecule has 126 valence electrons. The molecule has 1 saturated heterocycles. The monoisotopic (exact) mass is 312 g/mol. The number of carbonyl (C=O) groups is 2. The van der Waals surface area contributed by atoms with E-state index < -0.39 is 0 Å². The van der Waals surface area contributed by atoms with E-state index in [0.717, 1.165) is 58.0 Å². The first-order valence-corrected chi connectivity index (χ1v) is 8.67. The van der Waals surface area contributed by atoms with E-state index in [1.807, 2.05) is 0 Å². The number of hydrogen-bond donors (Lipinski definition) is 0. The molecule has 2 fully saturated rings. The number of rotatable bonds is 7. The van der Waals surface area contributed by atoms with Gasteiger partial charge in [-0.05, 0) is 32.1 Å². The van der Waals surface area contributed by atoms with E-state index >= 15 is 0 Å². The lowest BCUT2D eigenvalue weighted by molar-refractivity contribution is -0.164. The number of hydrogen-bond acceptors (Lipinski definition) is 5. The zero-order chi connectivity index (χ0) is 15.8. The molecule has 0 bridgehead atoms. The van der Waals surface area contributed by atoms with E-state index in [2.05, 4.69) is 6.92 Å². The zero-order valence-electron chi connectivity index (χ0n) is 13.6. The van der Waals surface area contributed by atoms with Gasteiger partial charge in [0, 0.05) is 6.61 Å². The molecule has 0 aromatic carbocycles. The van der Waals surface area contributed by atoms with E-state index in [4.69, 9.17) is 14.2 Å². The molecule has 3 unspecified atom stereocenters. The minimum Gasteiger partial charge on any atom is -0.465 e. The highest BCUT2D eigenvalue weighted by molar-refractivity contribution is 5.82. The van der Waals surface area contributed by atoms with E-state index in [0.29, 0.717) is 13.2 Å². The lowest BCUT2D eigenvalue weighted by Gasteiger charge is -2.28. The minimum atomic E-state index is -0.343. The number of unbranched alkanes of at least 4 members (excludes halogenated alkanes) is 1. The molecule has 0 aromatic rings. The van der Waals surface area contributed by atoms with Crippen LogP contribution in [-0.2, 0) is 23.8 Å². The predicted molar refractivity (Wildman–Crippen MR) is 81.2 cm³/mol. The highest BCUT2D eigenvalue weighted by Crippen LogP contribution is 2.32. The summed E-state index contributed by atoms with van der Waals surface area (Å²) in [5, 5.41) is 0. The highest BCUT2D eigenvalue weighted by atomic mass is 16.6. The van der Waals surface area contributed by atoms with E-state index in [1.54, 1.807) is 0 Å². The topological polar surface area (TPSA) is 61.8 Å². The van der Waals surface area contributed by atoms with Gasteiger partial charge in [-0.1, -0.05) is 26.2 Å². The summed E-state index contributed by atoms with van der Waals surface area (Å²) >= 11 is 0. The van der Waals surface area contributed by atoms with Crippen LogP contribution in [0.2, 0.25) is 0 Å². The third kappa shape index (κ3) is 4.97. The molecule has 1 aliphatic carbocycles. The van der Waals surface area contributed by atoms with Crippen LogP contribution in [0.3, 0.4) is 0 Å². The summed E-state index contributed by atoms with van der Waals surface area (Å²) in [6.45, 7) is 3.56. The van der Waals surface area contributed by atoms with Gasteiger partial charge >= 0.3 is 11.9 Å². The lowest BCUT2D eigenvalue weighted by atomic mass is 9.79. The molecule has 3 atom stereocenters. The minimum absolute atomic E-state index is 0.0301. The molecule has 1 saturated carbocycles. The molecule has 1 heterocycles. The molecular weight excluding hydrogens is 284 g/mol. The molecule has 5 nitrogen and oxygen atoms in total. The van der Waals surface area contributed by atoms with Gasteiger partial charge in [-0.25, -0.2) is 0 Å². The Kier molecular flexibility index (Phi) is 7.16. The van der Waals surface area contributed by atoms with Crippen LogP contribution < -0.4 is 0 Å². The normalized spacial score (nSPS) is 28.3. The van der Waals surface area contributed by atoms with Crippen LogP contribution in [0.15, 0.2) is 0 Å². The van der Waals surface area contributed by atoms with Crippen molar-refractivity contribution in [2.75, 3.05) is 19.8 Å². The summed E-state index contributed by atoms with van der Waals surface area (Å²) in [5.74, 6) is -1.16. The molecule has 0 N–H and O–H groups in total. The maximum atomic E-state index is 12.3. The van der Waals surface area contributed by atoms with Crippen molar-refractivity contribution in [1.29, 1.82) is 0 Å². The number of carbonyl (C=O) groups excluding carboxylic acids is 2. The van der Waals surface area contributed by atoms with Gasteiger partial charge in [0.15, 0.2) is 0 Å². The summed E-state index contributed by atoms with van der Waals surface area (Å²) < 4.78 is 16.2. The molecule has 2 aliphatic rings. The second-order valence-electron chi connectivity index (χ2n) is 6.28. The number of ether oxygens (including phenoxy) is 3. The molecule has 1 aliphatic heterocycles. The van der Waals surface area contributed by atoms with Crippen molar-refractivity contribution in [2.45, 2.75) is 64.4 Å².